The Morgan fingerprint density at radius 1 is 1.23 bits per heavy atom. The van der Waals surface area contributed by atoms with Crippen LogP contribution in [-0.2, 0) is 11.3 Å². The van der Waals surface area contributed by atoms with Gasteiger partial charge in [0, 0.05) is 62.2 Å². The van der Waals surface area contributed by atoms with E-state index < -0.39 is 0 Å². The molecule has 3 aromatic rings. The van der Waals surface area contributed by atoms with Crippen LogP contribution in [0.3, 0.4) is 0 Å². The van der Waals surface area contributed by atoms with Gasteiger partial charge in [-0.15, -0.1) is 0 Å². The zero-order valence-corrected chi connectivity index (χ0v) is 25.2. The van der Waals surface area contributed by atoms with E-state index in [4.69, 9.17) is 9.38 Å². The van der Waals surface area contributed by atoms with Gasteiger partial charge in [0.05, 0.1) is 28.7 Å². The molecule has 14 heteroatoms. The Bertz CT molecular complexity index is 1620. The molecule has 13 nitrogen and oxygen atoms in total. The van der Waals surface area contributed by atoms with Crippen molar-refractivity contribution in [3.05, 3.63) is 64.0 Å². The summed E-state index contributed by atoms with van der Waals surface area (Å²) in [5, 5.41) is 21.8. The van der Waals surface area contributed by atoms with E-state index in [1.54, 1.807) is 35.1 Å². The number of aromatic nitrogens is 5. The molecule has 2 atom stereocenters. The molecule has 2 unspecified atom stereocenters. The average molecular weight is 605 g/mol. The van der Waals surface area contributed by atoms with Crippen LogP contribution in [0.15, 0.2) is 52.6 Å². The van der Waals surface area contributed by atoms with E-state index in [1.165, 1.54) is 24.6 Å². The minimum atomic E-state index is -0.365. The lowest BCUT2D eigenvalue weighted by molar-refractivity contribution is -0.428. The average Bonchev–Trinajstić information content (AvgIpc) is 3.72. The zero-order valence-electron chi connectivity index (χ0n) is 24.4. The van der Waals surface area contributed by atoms with Gasteiger partial charge in [-0.25, -0.2) is 14.4 Å². The van der Waals surface area contributed by atoms with Gasteiger partial charge in [0.1, 0.15) is 11.9 Å². The number of nitrogens with zero attached hydrogens (tertiary/aromatic N) is 8. The number of imidazole rings is 1. The minimum Gasteiger partial charge on any atom is -0.353 e. The topological polar surface area (TPSA) is 148 Å². The van der Waals surface area contributed by atoms with Crippen molar-refractivity contribution in [3.8, 4) is 11.3 Å². The van der Waals surface area contributed by atoms with Gasteiger partial charge in [0.2, 0.25) is 11.6 Å². The number of allylic oxidation sites excluding steroid dienone is 3. The quantitative estimate of drug-likeness (QED) is 0.200. The molecular weight excluding hydrogens is 568 g/mol. The Kier molecular flexibility index (Phi) is 8.56. The van der Waals surface area contributed by atoms with E-state index in [9.17, 15) is 14.9 Å². The second kappa shape index (κ2) is 12.7. The number of nitrogens with one attached hydrogen (secondary N) is 2. The Balaban J connectivity index is 1.07. The van der Waals surface area contributed by atoms with Crippen molar-refractivity contribution in [2.75, 3.05) is 31.5 Å². The van der Waals surface area contributed by atoms with E-state index in [2.05, 4.69) is 32.5 Å². The van der Waals surface area contributed by atoms with Crippen molar-refractivity contribution < 1.29 is 9.72 Å². The third-order valence-electron chi connectivity index (χ3n) is 7.98. The Labute approximate surface area is 253 Å². The summed E-state index contributed by atoms with van der Waals surface area (Å²) in [5.74, 6) is 1.28. The van der Waals surface area contributed by atoms with Crippen LogP contribution in [0.2, 0.25) is 0 Å². The van der Waals surface area contributed by atoms with Crippen molar-refractivity contribution in [1.82, 2.24) is 34.4 Å². The van der Waals surface area contributed by atoms with Gasteiger partial charge in [0.15, 0.2) is 11.5 Å². The van der Waals surface area contributed by atoms with Gasteiger partial charge in [-0.1, -0.05) is 18.6 Å². The predicted molar refractivity (Wildman–Crippen MR) is 166 cm³/mol. The molecule has 5 heterocycles. The Hall–Kier alpha value is -4.04. The number of fused-ring (bicyclic) bond motifs is 1. The van der Waals surface area contributed by atoms with Gasteiger partial charge in [0.25, 0.3) is 0 Å². The van der Waals surface area contributed by atoms with Crippen LogP contribution in [0.5, 0.6) is 0 Å². The lowest BCUT2D eigenvalue weighted by Crippen LogP contribution is -2.38. The molecule has 0 radical (unpaired) electrons. The summed E-state index contributed by atoms with van der Waals surface area (Å²) in [6, 6.07) is 0. The standard InChI is InChI=1S/C29H36N10O3S/c1-19-4-3-9-36(14-19)17-23-10-27(43-35-23)34-28-29-31-13-25(38(29)15-20(2)33-28)22-12-32-37(16-22)18-26(40)30-11-21-5-7-24(8-6-21)39(41)42/h5,7,12-13,15-16,19,27H,3-4,6,8-11,14,17-18H2,1-2H3,(H,30,40)(H,33,34). The summed E-state index contributed by atoms with van der Waals surface area (Å²) >= 11 is 1.56. The number of likely N-dealkylation sites (tertiary alicyclic amines) is 1. The van der Waals surface area contributed by atoms with E-state index in [0.717, 1.165) is 66.0 Å². The van der Waals surface area contributed by atoms with Crippen LogP contribution in [0, 0.1) is 23.0 Å². The fourth-order valence-electron chi connectivity index (χ4n) is 5.82. The molecule has 2 N–H and O–H groups in total. The van der Waals surface area contributed by atoms with Crippen molar-refractivity contribution >= 4 is 35.0 Å². The highest BCUT2D eigenvalue weighted by Crippen LogP contribution is 2.30. The Morgan fingerprint density at radius 3 is 2.91 bits per heavy atom. The van der Waals surface area contributed by atoms with Crippen molar-refractivity contribution in [3.63, 3.8) is 0 Å². The van der Waals surface area contributed by atoms with Crippen LogP contribution < -0.4 is 10.6 Å². The van der Waals surface area contributed by atoms with E-state index in [-0.39, 0.29) is 28.4 Å². The molecule has 1 saturated heterocycles. The third kappa shape index (κ3) is 6.96. The molecule has 1 fully saturated rings. The SMILES string of the molecule is Cc1cn2c(-c3cnn(CC(=O)NCC4=CC=C([N+](=O)[O-])CC4)c3)cnc2c(NC2CC(CN3CCCC(C)C3)=NS2)n1. The molecule has 3 aromatic heterocycles. The number of hydrogen-bond acceptors (Lipinski definition) is 10. The molecule has 0 aromatic carbocycles. The number of anilines is 1. The first-order chi connectivity index (χ1) is 20.8. The van der Waals surface area contributed by atoms with Crippen LogP contribution in [0.1, 0.15) is 44.7 Å². The lowest BCUT2D eigenvalue weighted by Gasteiger charge is -2.30. The normalized spacial score (nSPS) is 20.9. The zero-order chi connectivity index (χ0) is 29.9. The first kappa shape index (κ1) is 29.1. The summed E-state index contributed by atoms with van der Waals surface area (Å²) in [7, 11) is 0. The maximum atomic E-state index is 12.6. The molecular formula is C29H36N10O3S. The first-order valence-corrected chi connectivity index (χ1v) is 15.5. The number of hydrogen-bond donors (Lipinski definition) is 2. The summed E-state index contributed by atoms with van der Waals surface area (Å²) in [6.45, 7) is 7.92. The molecule has 1 aliphatic carbocycles. The molecule has 6 rings (SSSR count). The molecule has 0 bridgehead atoms. The molecule has 3 aliphatic rings. The summed E-state index contributed by atoms with van der Waals surface area (Å²) in [4.78, 5) is 35.0. The summed E-state index contributed by atoms with van der Waals surface area (Å²) in [5.41, 5.74) is 5.63. The molecule has 43 heavy (non-hydrogen) atoms. The van der Waals surface area contributed by atoms with Gasteiger partial charge >= 0.3 is 0 Å². The van der Waals surface area contributed by atoms with Crippen LogP contribution >= 0.6 is 11.9 Å². The lowest BCUT2D eigenvalue weighted by atomic mass is 10.00. The maximum Gasteiger partial charge on any atom is 0.246 e. The highest BCUT2D eigenvalue weighted by Gasteiger charge is 2.25. The van der Waals surface area contributed by atoms with Crippen molar-refractivity contribution in [2.45, 2.75) is 57.9 Å². The van der Waals surface area contributed by atoms with Crippen molar-refractivity contribution in [2.24, 2.45) is 10.3 Å². The number of piperidine rings is 1. The first-order valence-electron chi connectivity index (χ1n) is 14.7. The monoisotopic (exact) mass is 604 g/mol. The smallest absolute Gasteiger partial charge is 0.246 e. The van der Waals surface area contributed by atoms with E-state index >= 15 is 0 Å². The molecule has 0 saturated carbocycles. The van der Waals surface area contributed by atoms with Crippen LogP contribution in [0.25, 0.3) is 16.9 Å². The van der Waals surface area contributed by atoms with Crippen molar-refractivity contribution in [1.29, 1.82) is 0 Å². The van der Waals surface area contributed by atoms with Gasteiger partial charge < -0.3 is 10.6 Å². The van der Waals surface area contributed by atoms with E-state index in [1.807, 2.05) is 23.7 Å². The number of carbonyl (C=O) groups excluding carboxylic acids is 1. The number of aryl methyl sites for hydroxylation is 1. The fraction of sp³-hybridized carbons (Fsp3) is 0.483. The van der Waals surface area contributed by atoms with Gasteiger partial charge in [-0.2, -0.15) is 5.10 Å². The molecule has 226 valence electrons. The van der Waals surface area contributed by atoms with Gasteiger partial charge in [-0.05, 0) is 50.6 Å². The number of carbonyl (C=O) groups is 1. The number of rotatable bonds is 10. The van der Waals surface area contributed by atoms with Crippen LogP contribution in [0.4, 0.5) is 5.82 Å². The number of nitro groups is 1. The fourth-order valence-corrected chi connectivity index (χ4v) is 6.66. The highest BCUT2D eigenvalue weighted by molar-refractivity contribution is 7.99. The number of amides is 1. The summed E-state index contributed by atoms with van der Waals surface area (Å²) < 4.78 is 8.36. The Morgan fingerprint density at radius 2 is 2.12 bits per heavy atom. The van der Waals surface area contributed by atoms with Gasteiger partial charge in [-0.3, -0.25) is 28.9 Å². The largest absolute Gasteiger partial charge is 0.353 e. The summed E-state index contributed by atoms with van der Waals surface area (Å²) in [6.07, 6.45) is 14.9. The highest BCUT2D eigenvalue weighted by atomic mass is 32.2. The molecule has 0 spiro atoms. The minimum absolute atomic E-state index is 0.0605. The molecule has 2 aliphatic heterocycles. The van der Waals surface area contributed by atoms with Crippen LogP contribution in [-0.4, -0.2) is 77.1 Å². The second-order valence-corrected chi connectivity index (χ2v) is 12.6. The third-order valence-corrected chi connectivity index (χ3v) is 8.89. The maximum absolute atomic E-state index is 12.6. The second-order valence-electron chi connectivity index (χ2n) is 11.6. The van der Waals surface area contributed by atoms with E-state index in [0.29, 0.717) is 19.4 Å². The predicted octanol–water partition coefficient (Wildman–Crippen LogP) is 3.86. The molecule has 1 amide bonds.